The van der Waals surface area contributed by atoms with Gasteiger partial charge < -0.3 is 23.7 Å². The second-order valence-corrected chi connectivity index (χ2v) is 6.55. The van der Waals surface area contributed by atoms with E-state index in [4.69, 9.17) is 23.7 Å². The predicted octanol–water partition coefficient (Wildman–Crippen LogP) is 3.60. The highest BCUT2D eigenvalue weighted by Gasteiger charge is 2.31. The Morgan fingerprint density at radius 1 is 1.25 bits per heavy atom. The van der Waals surface area contributed by atoms with E-state index in [1.54, 1.807) is 7.11 Å². The summed E-state index contributed by atoms with van der Waals surface area (Å²) in [6, 6.07) is 7.78. The van der Waals surface area contributed by atoms with Gasteiger partial charge in [0.15, 0.2) is 12.1 Å². The molecule has 0 unspecified atom stereocenters. The normalized spacial score (nSPS) is 29.9. The van der Waals surface area contributed by atoms with Crippen molar-refractivity contribution >= 4 is 0 Å². The van der Waals surface area contributed by atoms with Gasteiger partial charge in [-0.3, -0.25) is 0 Å². The number of ether oxygens (including phenoxy) is 5. The van der Waals surface area contributed by atoms with Crippen LogP contribution in [0.25, 0.3) is 0 Å². The van der Waals surface area contributed by atoms with Gasteiger partial charge in [-0.2, -0.15) is 0 Å². The number of rotatable bonds is 5. The van der Waals surface area contributed by atoms with E-state index >= 15 is 0 Å². The highest BCUT2D eigenvalue weighted by molar-refractivity contribution is 5.28. The summed E-state index contributed by atoms with van der Waals surface area (Å²) in [4.78, 5) is 0. The van der Waals surface area contributed by atoms with Crippen LogP contribution in [0, 0.1) is 0 Å². The van der Waals surface area contributed by atoms with Crippen LogP contribution in [-0.4, -0.2) is 38.3 Å². The minimum Gasteiger partial charge on any atom is -0.497 e. The fraction of sp³-hybridized carbons (Fsp3) is 0.579. The Kier molecular flexibility index (Phi) is 5.56. The van der Waals surface area contributed by atoms with Crippen LogP contribution >= 0.6 is 0 Å². The second kappa shape index (κ2) is 7.66. The largest absolute Gasteiger partial charge is 0.497 e. The highest BCUT2D eigenvalue weighted by atomic mass is 16.7. The third-order valence-electron chi connectivity index (χ3n) is 4.17. The first-order valence-electron chi connectivity index (χ1n) is 8.45. The lowest BCUT2D eigenvalue weighted by atomic mass is 10.1. The van der Waals surface area contributed by atoms with Crippen LogP contribution < -0.4 is 4.74 Å². The van der Waals surface area contributed by atoms with Crippen LogP contribution in [0.4, 0.5) is 0 Å². The summed E-state index contributed by atoms with van der Waals surface area (Å²) < 4.78 is 28.3. The first-order chi connectivity index (χ1) is 11.6. The summed E-state index contributed by atoms with van der Waals surface area (Å²) in [5.74, 6) is 0.361. The van der Waals surface area contributed by atoms with Crippen molar-refractivity contribution in [3.63, 3.8) is 0 Å². The lowest BCUT2D eigenvalue weighted by Gasteiger charge is -2.29. The molecule has 24 heavy (non-hydrogen) atoms. The van der Waals surface area contributed by atoms with E-state index < -0.39 is 5.79 Å². The predicted molar refractivity (Wildman–Crippen MR) is 89.8 cm³/mol. The van der Waals surface area contributed by atoms with Crippen LogP contribution in [0.5, 0.6) is 5.75 Å². The third kappa shape index (κ3) is 4.57. The van der Waals surface area contributed by atoms with Crippen LogP contribution in [0.1, 0.15) is 38.5 Å². The average molecular weight is 334 g/mol. The molecule has 0 aromatic heterocycles. The van der Waals surface area contributed by atoms with E-state index in [1.807, 2.05) is 38.1 Å². The molecule has 1 aromatic carbocycles. The average Bonchev–Trinajstić information content (AvgIpc) is 2.94. The van der Waals surface area contributed by atoms with Crippen LogP contribution in [0.15, 0.2) is 36.4 Å². The Labute approximate surface area is 143 Å². The molecule has 5 heteroatoms. The zero-order chi connectivity index (χ0) is 17.0. The molecule has 2 fully saturated rings. The molecule has 0 aliphatic carbocycles. The van der Waals surface area contributed by atoms with E-state index in [1.165, 1.54) is 0 Å². The lowest BCUT2D eigenvalue weighted by Crippen LogP contribution is -2.25. The Hall–Kier alpha value is -1.40. The van der Waals surface area contributed by atoms with Gasteiger partial charge in [0.1, 0.15) is 5.75 Å². The summed E-state index contributed by atoms with van der Waals surface area (Å²) >= 11 is 0. The first-order valence-corrected chi connectivity index (χ1v) is 8.45. The van der Waals surface area contributed by atoms with Crippen molar-refractivity contribution in [2.75, 3.05) is 20.3 Å². The fourth-order valence-corrected chi connectivity index (χ4v) is 2.90. The molecule has 0 spiro atoms. The second-order valence-electron chi connectivity index (χ2n) is 6.55. The summed E-state index contributed by atoms with van der Waals surface area (Å²) in [7, 11) is 1.66. The smallest absolute Gasteiger partial charge is 0.184 e. The van der Waals surface area contributed by atoms with Crippen LogP contribution in [0.3, 0.4) is 0 Å². The van der Waals surface area contributed by atoms with Crippen molar-refractivity contribution in [2.45, 2.75) is 51.0 Å². The van der Waals surface area contributed by atoms with Gasteiger partial charge in [-0.25, -0.2) is 0 Å². The zero-order valence-corrected chi connectivity index (χ0v) is 14.6. The molecule has 0 radical (unpaired) electrons. The molecule has 2 saturated heterocycles. The summed E-state index contributed by atoms with van der Waals surface area (Å²) in [5, 5.41) is 0. The molecule has 0 bridgehead atoms. The lowest BCUT2D eigenvalue weighted by molar-refractivity contribution is -0.204. The van der Waals surface area contributed by atoms with Gasteiger partial charge in [0.05, 0.1) is 32.5 Å². The molecule has 3 rings (SSSR count). The summed E-state index contributed by atoms with van der Waals surface area (Å²) in [5.41, 5.74) is 1.00. The highest BCUT2D eigenvalue weighted by Crippen LogP contribution is 2.29. The maximum Gasteiger partial charge on any atom is 0.184 e. The van der Waals surface area contributed by atoms with E-state index in [9.17, 15) is 0 Å². The molecular formula is C19H26O5. The van der Waals surface area contributed by atoms with Gasteiger partial charge in [0, 0.05) is 12.0 Å². The van der Waals surface area contributed by atoms with Crippen LogP contribution in [-0.2, 0) is 18.9 Å². The van der Waals surface area contributed by atoms with Crippen molar-refractivity contribution in [3.8, 4) is 5.75 Å². The maximum atomic E-state index is 6.03. The van der Waals surface area contributed by atoms with Crippen molar-refractivity contribution < 1.29 is 23.7 Å². The molecule has 5 nitrogen and oxygen atoms in total. The molecule has 132 valence electrons. The molecule has 3 atom stereocenters. The Bertz CT molecular complexity index is 551. The Morgan fingerprint density at radius 2 is 2.04 bits per heavy atom. The van der Waals surface area contributed by atoms with E-state index in [-0.39, 0.29) is 18.5 Å². The molecule has 0 saturated carbocycles. The van der Waals surface area contributed by atoms with E-state index in [0.29, 0.717) is 13.2 Å². The number of hydrogen-bond donors (Lipinski definition) is 0. The first kappa shape index (κ1) is 17.4. The van der Waals surface area contributed by atoms with Gasteiger partial charge in [-0.15, -0.1) is 0 Å². The van der Waals surface area contributed by atoms with Gasteiger partial charge in [0.2, 0.25) is 0 Å². The molecule has 1 aromatic rings. The molecule has 2 aliphatic rings. The van der Waals surface area contributed by atoms with Crippen molar-refractivity contribution in [2.24, 2.45) is 0 Å². The monoisotopic (exact) mass is 334 g/mol. The summed E-state index contributed by atoms with van der Waals surface area (Å²) in [6.07, 6.45) is 5.76. The molecule has 0 N–H and O–H groups in total. The Morgan fingerprint density at radius 3 is 2.71 bits per heavy atom. The van der Waals surface area contributed by atoms with Crippen LogP contribution in [0.2, 0.25) is 0 Å². The van der Waals surface area contributed by atoms with Gasteiger partial charge in [-0.05, 0) is 32.4 Å². The van der Waals surface area contributed by atoms with Crippen molar-refractivity contribution in [1.29, 1.82) is 0 Å². The van der Waals surface area contributed by atoms with E-state index in [2.05, 4.69) is 12.2 Å². The van der Waals surface area contributed by atoms with E-state index in [0.717, 1.165) is 24.2 Å². The molecule has 2 heterocycles. The molecule has 0 amide bonds. The zero-order valence-electron chi connectivity index (χ0n) is 14.6. The fourth-order valence-electron chi connectivity index (χ4n) is 2.90. The summed E-state index contributed by atoms with van der Waals surface area (Å²) in [6.45, 7) is 5.21. The number of hydrogen-bond acceptors (Lipinski definition) is 5. The maximum absolute atomic E-state index is 6.03. The number of benzene rings is 1. The van der Waals surface area contributed by atoms with Gasteiger partial charge in [0.25, 0.3) is 0 Å². The minimum absolute atomic E-state index is 0.0567. The standard InChI is InChI=1S/C19H26O5/c1-19(2)22-13-17(24-19)6-4-5-16-11-12-21-18(23-16)14-7-9-15(20-3)10-8-14/h4-5,7-10,16-18H,6,11-13H2,1-3H3/b5-4-/t16-,17+,18+/m1/s1. The quantitative estimate of drug-likeness (QED) is 0.770. The third-order valence-corrected chi connectivity index (χ3v) is 4.17. The molecule has 2 aliphatic heterocycles. The van der Waals surface area contributed by atoms with Gasteiger partial charge in [-0.1, -0.05) is 24.3 Å². The van der Waals surface area contributed by atoms with Crippen molar-refractivity contribution in [1.82, 2.24) is 0 Å². The van der Waals surface area contributed by atoms with Gasteiger partial charge >= 0.3 is 0 Å². The SMILES string of the molecule is COc1ccc([C@H]2OCC[C@@H](/C=C\C[C@H]3COC(C)(C)O3)O2)cc1. The number of methoxy groups -OCH3 is 1. The van der Waals surface area contributed by atoms with Crippen molar-refractivity contribution in [3.05, 3.63) is 42.0 Å². The Balaban J connectivity index is 1.50. The molecular weight excluding hydrogens is 308 g/mol. The minimum atomic E-state index is -0.465. The topological polar surface area (TPSA) is 46.2 Å².